The molecule has 0 spiro atoms. The van der Waals surface area contributed by atoms with E-state index in [-0.39, 0.29) is 18.4 Å². The van der Waals surface area contributed by atoms with Crippen molar-refractivity contribution in [2.45, 2.75) is 33.2 Å². The van der Waals surface area contributed by atoms with Gasteiger partial charge in [-0.05, 0) is 19.3 Å². The van der Waals surface area contributed by atoms with Crippen molar-refractivity contribution in [1.29, 1.82) is 0 Å². The summed E-state index contributed by atoms with van der Waals surface area (Å²) >= 11 is 0. The van der Waals surface area contributed by atoms with E-state index in [1.54, 1.807) is 14.1 Å². The van der Waals surface area contributed by atoms with Gasteiger partial charge in [-0.2, -0.15) is 0 Å². The van der Waals surface area contributed by atoms with Crippen molar-refractivity contribution in [1.82, 2.24) is 9.80 Å². The SMILES string of the molecule is CCN(CC(=O)N(C)C)C(=O)[C@H](N)CC(C)C. The van der Waals surface area contributed by atoms with Crippen molar-refractivity contribution in [2.24, 2.45) is 11.7 Å². The fourth-order valence-electron chi connectivity index (χ4n) is 1.49. The first-order valence-electron chi connectivity index (χ1n) is 6.04. The second-order valence-corrected chi connectivity index (χ2v) is 4.88. The molecule has 0 aliphatic carbocycles. The predicted molar refractivity (Wildman–Crippen MR) is 68.4 cm³/mol. The van der Waals surface area contributed by atoms with Crippen LogP contribution < -0.4 is 5.73 Å². The number of likely N-dealkylation sites (N-methyl/N-ethyl adjacent to an activating group) is 2. The Bertz CT molecular complexity index is 264. The normalized spacial score (nSPS) is 12.4. The summed E-state index contributed by atoms with van der Waals surface area (Å²) in [4.78, 5) is 26.5. The number of carbonyl (C=O) groups is 2. The molecule has 0 heterocycles. The standard InChI is InChI=1S/C12H25N3O2/c1-6-15(8-11(16)14(4)5)12(17)10(13)7-9(2)3/h9-10H,6-8,13H2,1-5H3/t10-/m1/s1. The van der Waals surface area contributed by atoms with Crippen molar-refractivity contribution in [2.75, 3.05) is 27.2 Å². The molecular weight excluding hydrogens is 218 g/mol. The number of hydrogen-bond donors (Lipinski definition) is 1. The fraction of sp³-hybridized carbons (Fsp3) is 0.833. The van der Waals surface area contributed by atoms with Crippen LogP contribution in [0.5, 0.6) is 0 Å². The van der Waals surface area contributed by atoms with E-state index in [0.717, 1.165) is 0 Å². The molecule has 1 atom stereocenters. The average Bonchev–Trinajstić information content (AvgIpc) is 2.23. The highest BCUT2D eigenvalue weighted by atomic mass is 16.2. The molecule has 0 radical (unpaired) electrons. The van der Waals surface area contributed by atoms with Crippen LogP contribution in [0.4, 0.5) is 0 Å². The van der Waals surface area contributed by atoms with Gasteiger partial charge in [-0.15, -0.1) is 0 Å². The topological polar surface area (TPSA) is 66.6 Å². The molecule has 0 aliphatic rings. The number of carbonyl (C=O) groups excluding carboxylic acids is 2. The minimum Gasteiger partial charge on any atom is -0.347 e. The van der Waals surface area contributed by atoms with Gasteiger partial charge < -0.3 is 15.5 Å². The number of nitrogens with two attached hydrogens (primary N) is 1. The number of nitrogens with zero attached hydrogens (tertiary/aromatic N) is 2. The van der Waals surface area contributed by atoms with Crippen LogP contribution in [-0.4, -0.2) is 54.8 Å². The Kier molecular flexibility index (Phi) is 6.80. The molecular formula is C12H25N3O2. The van der Waals surface area contributed by atoms with Gasteiger partial charge in [0.05, 0.1) is 12.6 Å². The molecule has 100 valence electrons. The van der Waals surface area contributed by atoms with Crippen LogP contribution in [0.3, 0.4) is 0 Å². The lowest BCUT2D eigenvalue weighted by molar-refractivity contribution is -0.140. The van der Waals surface area contributed by atoms with E-state index in [4.69, 9.17) is 5.73 Å². The van der Waals surface area contributed by atoms with Crippen LogP contribution in [-0.2, 0) is 9.59 Å². The van der Waals surface area contributed by atoms with Gasteiger partial charge in [0.25, 0.3) is 0 Å². The molecule has 5 heteroatoms. The third kappa shape index (κ3) is 5.68. The van der Waals surface area contributed by atoms with Crippen LogP contribution in [0.1, 0.15) is 27.2 Å². The van der Waals surface area contributed by atoms with Crippen molar-refractivity contribution >= 4 is 11.8 Å². The average molecular weight is 243 g/mol. The van der Waals surface area contributed by atoms with Crippen LogP contribution in [0, 0.1) is 5.92 Å². The van der Waals surface area contributed by atoms with Gasteiger partial charge in [-0.1, -0.05) is 13.8 Å². The highest BCUT2D eigenvalue weighted by molar-refractivity contribution is 5.87. The highest BCUT2D eigenvalue weighted by Gasteiger charge is 2.22. The smallest absolute Gasteiger partial charge is 0.241 e. The van der Waals surface area contributed by atoms with Crippen LogP contribution in [0.25, 0.3) is 0 Å². The summed E-state index contributed by atoms with van der Waals surface area (Å²) in [6.45, 7) is 6.50. The van der Waals surface area contributed by atoms with Crippen molar-refractivity contribution < 1.29 is 9.59 Å². The lowest BCUT2D eigenvalue weighted by Gasteiger charge is -2.25. The third-order valence-corrected chi connectivity index (χ3v) is 2.56. The summed E-state index contributed by atoms with van der Waals surface area (Å²) in [7, 11) is 3.35. The van der Waals surface area contributed by atoms with Crippen LogP contribution in [0.15, 0.2) is 0 Å². The van der Waals surface area contributed by atoms with Gasteiger partial charge in [0.15, 0.2) is 0 Å². The quantitative estimate of drug-likeness (QED) is 0.729. The summed E-state index contributed by atoms with van der Waals surface area (Å²) in [6.07, 6.45) is 0.644. The van der Waals surface area contributed by atoms with Crippen LogP contribution >= 0.6 is 0 Å². The zero-order valence-corrected chi connectivity index (χ0v) is 11.6. The Balaban J connectivity index is 4.45. The molecule has 0 saturated carbocycles. The molecule has 0 saturated heterocycles. The molecule has 5 nitrogen and oxygen atoms in total. The highest BCUT2D eigenvalue weighted by Crippen LogP contribution is 2.06. The first-order chi connectivity index (χ1) is 7.79. The number of hydrogen-bond acceptors (Lipinski definition) is 3. The van der Waals surface area contributed by atoms with Crippen molar-refractivity contribution in [3.05, 3.63) is 0 Å². The molecule has 0 unspecified atom stereocenters. The maximum absolute atomic E-state index is 12.0. The molecule has 0 aromatic heterocycles. The summed E-state index contributed by atoms with van der Waals surface area (Å²) < 4.78 is 0. The molecule has 0 bridgehead atoms. The molecule has 0 aromatic rings. The monoisotopic (exact) mass is 243 g/mol. The van der Waals surface area contributed by atoms with Gasteiger partial charge in [0, 0.05) is 20.6 Å². The van der Waals surface area contributed by atoms with E-state index in [1.165, 1.54) is 9.80 Å². The molecule has 2 amide bonds. The number of rotatable bonds is 6. The van der Waals surface area contributed by atoms with Gasteiger partial charge in [-0.3, -0.25) is 9.59 Å². The Morgan fingerprint density at radius 1 is 1.24 bits per heavy atom. The third-order valence-electron chi connectivity index (χ3n) is 2.56. The maximum Gasteiger partial charge on any atom is 0.241 e. The summed E-state index contributed by atoms with van der Waals surface area (Å²) in [6, 6.07) is -0.509. The molecule has 0 rings (SSSR count). The Labute approximate surface area is 104 Å². The second kappa shape index (κ2) is 7.27. The van der Waals surface area contributed by atoms with E-state index in [0.29, 0.717) is 18.9 Å². The number of amides is 2. The second-order valence-electron chi connectivity index (χ2n) is 4.88. The van der Waals surface area contributed by atoms with Gasteiger partial charge in [0.2, 0.25) is 11.8 Å². The minimum absolute atomic E-state index is 0.0862. The first-order valence-corrected chi connectivity index (χ1v) is 6.04. The molecule has 17 heavy (non-hydrogen) atoms. The lowest BCUT2D eigenvalue weighted by atomic mass is 10.0. The largest absolute Gasteiger partial charge is 0.347 e. The Morgan fingerprint density at radius 3 is 2.12 bits per heavy atom. The van der Waals surface area contributed by atoms with Gasteiger partial charge in [0.1, 0.15) is 0 Å². The predicted octanol–water partition coefficient (Wildman–Crippen LogP) is 0.297. The van der Waals surface area contributed by atoms with E-state index in [1.807, 2.05) is 20.8 Å². The van der Waals surface area contributed by atoms with Gasteiger partial charge in [-0.25, -0.2) is 0 Å². The summed E-state index contributed by atoms with van der Waals surface area (Å²) in [5.41, 5.74) is 5.83. The minimum atomic E-state index is -0.509. The molecule has 0 aromatic carbocycles. The molecule has 2 N–H and O–H groups in total. The molecule has 0 aliphatic heterocycles. The van der Waals surface area contributed by atoms with Crippen LogP contribution in [0.2, 0.25) is 0 Å². The Morgan fingerprint density at radius 2 is 1.76 bits per heavy atom. The van der Waals surface area contributed by atoms with E-state index < -0.39 is 6.04 Å². The van der Waals surface area contributed by atoms with Crippen molar-refractivity contribution in [3.8, 4) is 0 Å². The van der Waals surface area contributed by atoms with Crippen molar-refractivity contribution in [3.63, 3.8) is 0 Å². The molecule has 0 fully saturated rings. The zero-order chi connectivity index (χ0) is 13.6. The lowest BCUT2D eigenvalue weighted by Crippen LogP contribution is -2.48. The summed E-state index contributed by atoms with van der Waals surface area (Å²) in [5, 5.41) is 0. The Hall–Kier alpha value is -1.10. The van der Waals surface area contributed by atoms with E-state index in [2.05, 4.69) is 0 Å². The van der Waals surface area contributed by atoms with E-state index in [9.17, 15) is 9.59 Å². The zero-order valence-electron chi connectivity index (χ0n) is 11.6. The van der Waals surface area contributed by atoms with Gasteiger partial charge >= 0.3 is 0 Å². The maximum atomic E-state index is 12.0. The first kappa shape index (κ1) is 15.9. The van der Waals surface area contributed by atoms with E-state index >= 15 is 0 Å². The fourth-order valence-corrected chi connectivity index (χ4v) is 1.49. The summed E-state index contributed by atoms with van der Waals surface area (Å²) in [5.74, 6) is 0.144.